The number of halogens is 2. The van der Waals surface area contributed by atoms with Crippen LogP contribution in [0.25, 0.3) is 6.08 Å². The number of hydrogen-bond donors (Lipinski definition) is 0. The highest BCUT2D eigenvalue weighted by Crippen LogP contribution is 2.57. The molecule has 100 valence electrons. The Morgan fingerprint density at radius 2 is 1.78 bits per heavy atom. The lowest BCUT2D eigenvalue weighted by Gasteiger charge is -2.14. The van der Waals surface area contributed by atoms with E-state index in [1.165, 1.54) is 6.08 Å². The van der Waals surface area contributed by atoms with Gasteiger partial charge in [-0.05, 0) is 37.6 Å². The Morgan fingerprint density at radius 3 is 2.22 bits per heavy atom. The van der Waals surface area contributed by atoms with Gasteiger partial charge in [0.2, 0.25) is 5.57 Å². The van der Waals surface area contributed by atoms with Gasteiger partial charge in [-0.3, -0.25) is 4.57 Å². The van der Waals surface area contributed by atoms with Crippen LogP contribution in [0.3, 0.4) is 0 Å². The molecular formula is C12H15BrFO3P. The van der Waals surface area contributed by atoms with E-state index in [0.717, 1.165) is 4.47 Å². The lowest BCUT2D eigenvalue weighted by Crippen LogP contribution is -1.96. The zero-order valence-corrected chi connectivity index (χ0v) is 12.7. The van der Waals surface area contributed by atoms with Gasteiger partial charge >= 0.3 is 7.60 Å². The summed E-state index contributed by atoms with van der Waals surface area (Å²) in [5, 5.41) is 0. The monoisotopic (exact) mass is 336 g/mol. The number of rotatable bonds is 6. The average molecular weight is 337 g/mol. The molecule has 18 heavy (non-hydrogen) atoms. The molecular weight excluding hydrogens is 322 g/mol. The molecule has 0 unspecified atom stereocenters. The molecule has 0 saturated carbocycles. The van der Waals surface area contributed by atoms with Crippen molar-refractivity contribution in [2.75, 3.05) is 13.2 Å². The molecule has 0 aliphatic heterocycles. The highest BCUT2D eigenvalue weighted by molar-refractivity contribution is 9.10. The van der Waals surface area contributed by atoms with Crippen molar-refractivity contribution < 1.29 is 18.0 Å². The molecule has 3 nitrogen and oxygen atoms in total. The summed E-state index contributed by atoms with van der Waals surface area (Å²) in [5.74, 6) is 0. The van der Waals surface area contributed by atoms with E-state index in [2.05, 4.69) is 15.9 Å². The van der Waals surface area contributed by atoms with Gasteiger partial charge in [0.05, 0.1) is 13.2 Å². The lowest BCUT2D eigenvalue weighted by atomic mass is 10.2. The zero-order valence-electron chi connectivity index (χ0n) is 10.2. The largest absolute Gasteiger partial charge is 0.389 e. The van der Waals surface area contributed by atoms with Crippen molar-refractivity contribution in [2.45, 2.75) is 13.8 Å². The molecule has 0 heterocycles. The topological polar surface area (TPSA) is 35.5 Å². The third kappa shape index (κ3) is 4.32. The average Bonchev–Trinajstić information content (AvgIpc) is 2.32. The Morgan fingerprint density at radius 1 is 1.28 bits per heavy atom. The van der Waals surface area contributed by atoms with E-state index in [0.29, 0.717) is 5.56 Å². The fraction of sp³-hybridized carbons (Fsp3) is 0.333. The van der Waals surface area contributed by atoms with Gasteiger partial charge in [-0.15, -0.1) is 0 Å². The van der Waals surface area contributed by atoms with E-state index in [-0.39, 0.29) is 13.2 Å². The molecule has 0 spiro atoms. The van der Waals surface area contributed by atoms with Crippen molar-refractivity contribution in [1.82, 2.24) is 0 Å². The molecule has 0 amide bonds. The molecule has 0 bridgehead atoms. The summed E-state index contributed by atoms with van der Waals surface area (Å²) >= 11 is 3.28. The Labute approximate surface area is 115 Å². The first-order valence-electron chi connectivity index (χ1n) is 5.54. The highest BCUT2D eigenvalue weighted by atomic mass is 79.9. The Kier molecular flexibility index (Phi) is 6.22. The molecule has 0 atom stereocenters. The number of hydrogen-bond acceptors (Lipinski definition) is 3. The minimum atomic E-state index is -3.80. The van der Waals surface area contributed by atoms with Crippen LogP contribution in [0.4, 0.5) is 4.39 Å². The SMILES string of the molecule is CCOP(=O)(OCC)/C(F)=C/c1ccc(Br)cc1. The van der Waals surface area contributed by atoms with E-state index in [1.54, 1.807) is 38.1 Å². The molecule has 1 rings (SSSR count). The molecule has 0 N–H and O–H groups in total. The molecule has 1 aromatic rings. The third-order valence-corrected chi connectivity index (χ3v) is 4.39. The Hall–Kier alpha value is -0.480. The predicted octanol–water partition coefficient (Wildman–Crippen LogP) is 4.98. The van der Waals surface area contributed by atoms with Crippen molar-refractivity contribution in [3.8, 4) is 0 Å². The first-order chi connectivity index (χ1) is 8.51. The summed E-state index contributed by atoms with van der Waals surface area (Å²) in [6.07, 6.45) is 1.17. The molecule has 6 heteroatoms. The first kappa shape index (κ1) is 15.6. The van der Waals surface area contributed by atoms with Gasteiger partial charge in [0, 0.05) is 4.47 Å². The van der Waals surface area contributed by atoms with Gasteiger partial charge < -0.3 is 9.05 Å². The molecule has 0 aliphatic rings. The van der Waals surface area contributed by atoms with Gasteiger partial charge in [0.15, 0.2) is 0 Å². The van der Waals surface area contributed by atoms with Crippen LogP contribution in [0, 0.1) is 0 Å². The maximum atomic E-state index is 13.9. The van der Waals surface area contributed by atoms with Crippen LogP contribution in [0.1, 0.15) is 19.4 Å². The standard InChI is InChI=1S/C12H15BrFO3P/c1-3-16-18(15,17-4-2)12(14)9-10-5-7-11(13)8-6-10/h5-9H,3-4H2,1-2H3/b12-9+. The summed E-state index contributed by atoms with van der Waals surface area (Å²) < 4.78 is 36.7. The summed E-state index contributed by atoms with van der Waals surface area (Å²) in [4.78, 5) is 0. The second-order valence-electron chi connectivity index (χ2n) is 3.35. The molecule has 0 aromatic heterocycles. The molecule has 0 aliphatic carbocycles. The van der Waals surface area contributed by atoms with Gasteiger partial charge in [-0.2, -0.15) is 4.39 Å². The van der Waals surface area contributed by atoms with Crippen molar-refractivity contribution in [1.29, 1.82) is 0 Å². The fourth-order valence-corrected chi connectivity index (χ4v) is 2.85. The summed E-state index contributed by atoms with van der Waals surface area (Å²) in [6, 6.07) is 6.94. The van der Waals surface area contributed by atoms with Gasteiger partial charge in [0.25, 0.3) is 0 Å². The summed E-state index contributed by atoms with van der Waals surface area (Å²) in [6.45, 7) is 3.52. The van der Waals surface area contributed by atoms with Gasteiger partial charge in [-0.25, -0.2) is 0 Å². The maximum Gasteiger partial charge on any atom is 0.389 e. The van der Waals surface area contributed by atoms with Crippen molar-refractivity contribution in [3.63, 3.8) is 0 Å². The van der Waals surface area contributed by atoms with E-state index in [9.17, 15) is 8.96 Å². The van der Waals surface area contributed by atoms with Gasteiger partial charge in [-0.1, -0.05) is 28.1 Å². The van der Waals surface area contributed by atoms with Crippen LogP contribution in [-0.4, -0.2) is 13.2 Å². The molecule has 0 saturated heterocycles. The summed E-state index contributed by atoms with van der Waals surface area (Å²) in [5.41, 5.74) is -0.288. The second-order valence-corrected chi connectivity index (χ2v) is 6.21. The lowest BCUT2D eigenvalue weighted by molar-refractivity contribution is 0.220. The molecule has 1 aromatic carbocycles. The van der Waals surface area contributed by atoms with Crippen LogP contribution in [0.2, 0.25) is 0 Å². The van der Waals surface area contributed by atoms with Crippen molar-refractivity contribution in [2.24, 2.45) is 0 Å². The highest BCUT2D eigenvalue weighted by Gasteiger charge is 2.30. The van der Waals surface area contributed by atoms with Crippen LogP contribution < -0.4 is 0 Å². The van der Waals surface area contributed by atoms with Crippen LogP contribution in [-0.2, 0) is 13.6 Å². The van der Waals surface area contributed by atoms with Crippen LogP contribution >= 0.6 is 23.5 Å². The minimum absolute atomic E-state index is 0.124. The van der Waals surface area contributed by atoms with E-state index in [4.69, 9.17) is 9.05 Å². The van der Waals surface area contributed by atoms with Crippen molar-refractivity contribution in [3.05, 3.63) is 39.9 Å². The van der Waals surface area contributed by atoms with Gasteiger partial charge in [0.1, 0.15) is 0 Å². The first-order valence-corrected chi connectivity index (χ1v) is 7.88. The van der Waals surface area contributed by atoms with Crippen LogP contribution in [0.5, 0.6) is 0 Å². The van der Waals surface area contributed by atoms with E-state index < -0.39 is 13.2 Å². The second kappa shape index (κ2) is 7.19. The molecule has 0 fully saturated rings. The zero-order chi connectivity index (χ0) is 13.6. The number of benzene rings is 1. The maximum absolute atomic E-state index is 13.9. The Balaban J connectivity index is 2.98. The third-order valence-electron chi connectivity index (χ3n) is 2.02. The van der Waals surface area contributed by atoms with Crippen molar-refractivity contribution >= 4 is 29.6 Å². The predicted molar refractivity (Wildman–Crippen MR) is 74.1 cm³/mol. The minimum Gasteiger partial charge on any atom is -0.304 e. The summed E-state index contributed by atoms with van der Waals surface area (Å²) in [7, 11) is -3.80. The molecule has 0 radical (unpaired) electrons. The Bertz CT molecular complexity index is 449. The normalized spacial score (nSPS) is 12.8. The van der Waals surface area contributed by atoms with E-state index >= 15 is 0 Å². The van der Waals surface area contributed by atoms with Crippen LogP contribution in [0.15, 0.2) is 34.3 Å². The quantitative estimate of drug-likeness (QED) is 0.687. The smallest absolute Gasteiger partial charge is 0.304 e. The van der Waals surface area contributed by atoms with E-state index in [1.807, 2.05) is 0 Å². The fourth-order valence-electron chi connectivity index (χ4n) is 1.28.